The molecule has 176 valence electrons. The van der Waals surface area contributed by atoms with Gasteiger partial charge >= 0.3 is 0 Å². The molecular weight excluding hydrogens is 428 g/mol. The Balaban J connectivity index is 1.36. The van der Waals surface area contributed by atoms with Crippen LogP contribution in [0.15, 0.2) is 36.5 Å². The van der Waals surface area contributed by atoms with Gasteiger partial charge in [0.15, 0.2) is 5.75 Å². The van der Waals surface area contributed by atoms with E-state index in [1.54, 1.807) is 4.52 Å². The van der Waals surface area contributed by atoms with Crippen molar-refractivity contribution in [3.63, 3.8) is 0 Å². The minimum absolute atomic E-state index is 0.354. The molecule has 1 saturated heterocycles. The van der Waals surface area contributed by atoms with Crippen LogP contribution in [0.5, 0.6) is 5.75 Å². The number of piperidine rings is 1. The van der Waals surface area contributed by atoms with Crippen molar-refractivity contribution in [1.29, 1.82) is 0 Å². The Hall–Kier alpha value is -3.46. The summed E-state index contributed by atoms with van der Waals surface area (Å²) in [6.07, 6.45) is 4.25. The van der Waals surface area contributed by atoms with Crippen LogP contribution in [0.25, 0.3) is 28.1 Å². The smallest absolute Gasteiger partial charge is 0.222 e. The Morgan fingerprint density at radius 2 is 2.03 bits per heavy atom. The van der Waals surface area contributed by atoms with Crippen molar-refractivity contribution in [2.75, 3.05) is 43.0 Å². The minimum Gasteiger partial charge on any atom is -0.486 e. The maximum Gasteiger partial charge on any atom is 0.222 e. The molecule has 0 bridgehead atoms. The Labute approximate surface area is 198 Å². The molecular formula is C25H30N8O. The van der Waals surface area contributed by atoms with Crippen LogP contribution in [0, 0.1) is 5.92 Å². The van der Waals surface area contributed by atoms with Gasteiger partial charge in [0.05, 0.1) is 23.9 Å². The molecule has 0 aliphatic carbocycles. The molecule has 0 spiro atoms. The first-order valence-corrected chi connectivity index (χ1v) is 12.2. The number of hydrogen-bond donors (Lipinski definition) is 2. The van der Waals surface area contributed by atoms with Gasteiger partial charge in [0.1, 0.15) is 18.0 Å². The van der Waals surface area contributed by atoms with E-state index in [-0.39, 0.29) is 0 Å². The molecule has 34 heavy (non-hydrogen) atoms. The van der Waals surface area contributed by atoms with Crippen molar-refractivity contribution in [1.82, 2.24) is 30.1 Å². The summed E-state index contributed by atoms with van der Waals surface area (Å²) in [6.45, 7) is 8.95. The molecule has 2 N–H and O–H groups in total. The number of hydrogen-bond acceptors (Lipinski definition) is 8. The molecule has 0 amide bonds. The van der Waals surface area contributed by atoms with E-state index < -0.39 is 0 Å². The molecule has 2 aliphatic heterocycles. The summed E-state index contributed by atoms with van der Waals surface area (Å²) in [6, 6.07) is 10.7. The average Bonchev–Trinajstić information content (AvgIpc) is 3.32. The molecule has 3 aromatic heterocycles. The predicted octanol–water partition coefficient (Wildman–Crippen LogP) is 3.36. The first-order valence-electron chi connectivity index (χ1n) is 12.2. The fourth-order valence-electron chi connectivity index (χ4n) is 4.98. The summed E-state index contributed by atoms with van der Waals surface area (Å²) in [5.74, 6) is 2.03. The highest BCUT2D eigenvalue weighted by Gasteiger charge is 2.26. The lowest BCUT2D eigenvalue weighted by Crippen LogP contribution is -2.38. The van der Waals surface area contributed by atoms with Crippen LogP contribution in [0.4, 0.5) is 11.4 Å². The third-order valence-corrected chi connectivity index (χ3v) is 6.87. The zero-order valence-corrected chi connectivity index (χ0v) is 19.7. The van der Waals surface area contributed by atoms with E-state index in [1.165, 1.54) is 12.8 Å². The largest absolute Gasteiger partial charge is 0.486 e. The lowest BCUT2D eigenvalue weighted by molar-refractivity contribution is 0.303. The highest BCUT2D eigenvalue weighted by atomic mass is 16.5. The molecule has 9 nitrogen and oxygen atoms in total. The van der Waals surface area contributed by atoms with E-state index in [9.17, 15) is 0 Å². The van der Waals surface area contributed by atoms with Crippen molar-refractivity contribution < 1.29 is 4.74 Å². The van der Waals surface area contributed by atoms with E-state index >= 15 is 0 Å². The summed E-state index contributed by atoms with van der Waals surface area (Å²) >= 11 is 0. The zero-order valence-electron chi connectivity index (χ0n) is 19.7. The van der Waals surface area contributed by atoms with Crippen molar-refractivity contribution in [2.24, 2.45) is 5.92 Å². The third kappa shape index (κ3) is 3.69. The molecule has 1 aromatic carbocycles. The van der Waals surface area contributed by atoms with Crippen LogP contribution < -0.4 is 20.3 Å². The second-order valence-corrected chi connectivity index (χ2v) is 9.40. The third-order valence-electron chi connectivity index (χ3n) is 6.87. The number of anilines is 2. The maximum atomic E-state index is 6.01. The summed E-state index contributed by atoms with van der Waals surface area (Å²) in [7, 11) is 0. The Morgan fingerprint density at radius 1 is 1.15 bits per heavy atom. The van der Waals surface area contributed by atoms with Gasteiger partial charge in [-0.3, -0.25) is 0 Å². The molecule has 6 rings (SSSR count). The fraction of sp³-hybridized carbons (Fsp3) is 0.440. The summed E-state index contributed by atoms with van der Waals surface area (Å²) in [4.78, 5) is 7.28. The van der Waals surface area contributed by atoms with Crippen molar-refractivity contribution in [2.45, 2.75) is 32.7 Å². The van der Waals surface area contributed by atoms with Gasteiger partial charge in [0, 0.05) is 18.0 Å². The van der Waals surface area contributed by atoms with E-state index in [0.717, 1.165) is 59.9 Å². The molecule has 0 saturated carbocycles. The standard InChI is InChI=1S/C25H30N8O/c1-16(2)32-12-13-34-23-21(32)15-28-33-24(30-31-25(23)33)20-7-6-18-4-3-5-19(22(18)29-20)27-14-17-8-10-26-11-9-17/h3-7,15-17,26-27H,8-14H2,1-2H3. The SMILES string of the molecule is CC(C)N1CCOc2c1cnn1c(-c3ccc4cccc(NCC5CCNCC5)c4n3)nnc21. The number of fused-ring (bicyclic) bond motifs is 4. The van der Waals surface area contributed by atoms with Gasteiger partial charge in [0.2, 0.25) is 11.5 Å². The van der Waals surface area contributed by atoms with Crippen molar-refractivity contribution >= 4 is 27.9 Å². The van der Waals surface area contributed by atoms with Gasteiger partial charge in [-0.05, 0) is 57.8 Å². The lowest BCUT2D eigenvalue weighted by Gasteiger charge is -2.33. The van der Waals surface area contributed by atoms with Gasteiger partial charge in [-0.25, -0.2) is 4.98 Å². The second-order valence-electron chi connectivity index (χ2n) is 9.40. The molecule has 9 heteroatoms. The fourth-order valence-corrected chi connectivity index (χ4v) is 4.98. The maximum absolute atomic E-state index is 6.01. The molecule has 2 aliphatic rings. The molecule has 4 aromatic rings. The monoisotopic (exact) mass is 458 g/mol. The van der Waals surface area contributed by atoms with Crippen LogP contribution in [-0.2, 0) is 0 Å². The van der Waals surface area contributed by atoms with Crippen LogP contribution >= 0.6 is 0 Å². The highest BCUT2D eigenvalue weighted by Crippen LogP contribution is 2.36. The van der Waals surface area contributed by atoms with Crippen LogP contribution in [0.2, 0.25) is 0 Å². The van der Waals surface area contributed by atoms with E-state index in [1.807, 2.05) is 12.3 Å². The van der Waals surface area contributed by atoms with E-state index in [4.69, 9.17) is 9.72 Å². The number of aromatic nitrogens is 5. The molecule has 1 fully saturated rings. The van der Waals surface area contributed by atoms with Gasteiger partial charge in [0.25, 0.3) is 0 Å². The highest BCUT2D eigenvalue weighted by molar-refractivity contribution is 5.91. The summed E-state index contributed by atoms with van der Waals surface area (Å²) in [5.41, 5.74) is 4.31. The number of rotatable bonds is 5. The van der Waals surface area contributed by atoms with Crippen LogP contribution in [-0.4, -0.2) is 63.6 Å². The quantitative estimate of drug-likeness (QED) is 0.470. The molecule has 0 atom stereocenters. The second kappa shape index (κ2) is 8.72. The number of ether oxygens (including phenoxy) is 1. The van der Waals surface area contributed by atoms with E-state index in [0.29, 0.717) is 30.0 Å². The summed E-state index contributed by atoms with van der Waals surface area (Å²) < 4.78 is 7.74. The predicted molar refractivity (Wildman–Crippen MR) is 134 cm³/mol. The van der Waals surface area contributed by atoms with E-state index in [2.05, 4.69) is 68.9 Å². The van der Waals surface area contributed by atoms with Crippen LogP contribution in [0.3, 0.4) is 0 Å². The van der Waals surface area contributed by atoms with Gasteiger partial charge in [-0.1, -0.05) is 18.2 Å². The van der Waals surface area contributed by atoms with Gasteiger partial charge < -0.3 is 20.3 Å². The molecule has 0 unspecified atom stereocenters. The van der Waals surface area contributed by atoms with Crippen LogP contribution in [0.1, 0.15) is 26.7 Å². The van der Waals surface area contributed by atoms with Gasteiger partial charge in [-0.2, -0.15) is 9.61 Å². The molecule has 5 heterocycles. The number of pyridine rings is 1. The topological polar surface area (TPSA) is 92.5 Å². The Bertz CT molecular complexity index is 1330. The number of nitrogens with zero attached hydrogens (tertiary/aromatic N) is 6. The van der Waals surface area contributed by atoms with Crippen molar-refractivity contribution in [3.05, 3.63) is 36.5 Å². The minimum atomic E-state index is 0.354. The van der Waals surface area contributed by atoms with Gasteiger partial charge in [-0.15, -0.1) is 10.2 Å². The lowest BCUT2D eigenvalue weighted by atomic mass is 9.98. The Kier molecular flexibility index (Phi) is 5.41. The first kappa shape index (κ1) is 21.1. The number of nitrogens with one attached hydrogen (secondary N) is 2. The van der Waals surface area contributed by atoms with Crippen molar-refractivity contribution in [3.8, 4) is 17.3 Å². The average molecular weight is 459 g/mol. The normalized spacial score (nSPS) is 16.7. The zero-order chi connectivity index (χ0) is 23.1. The number of para-hydroxylation sites is 1. The summed E-state index contributed by atoms with van der Waals surface area (Å²) in [5, 5.41) is 21.7. The Morgan fingerprint density at radius 3 is 2.88 bits per heavy atom. The number of benzene rings is 1. The first-order chi connectivity index (χ1) is 16.7. The molecule has 0 radical (unpaired) electrons.